The molecule has 0 spiro atoms. The molecule has 51 heavy (non-hydrogen) atoms. The molecular formula is C34H26F7N7O3. The van der Waals surface area contributed by atoms with Gasteiger partial charge in [0.15, 0.2) is 11.3 Å². The summed E-state index contributed by atoms with van der Waals surface area (Å²) in [6.07, 6.45) is -4.11. The number of halogens is 7. The van der Waals surface area contributed by atoms with E-state index in [1.54, 1.807) is 6.07 Å². The summed E-state index contributed by atoms with van der Waals surface area (Å²) in [5, 5.41) is 22.4. The van der Waals surface area contributed by atoms with Crippen molar-refractivity contribution in [1.82, 2.24) is 34.7 Å². The molecule has 1 unspecified atom stereocenters. The number of aromatic amines is 1. The maximum atomic E-state index is 15.2. The molecule has 1 saturated carbocycles. The van der Waals surface area contributed by atoms with Crippen LogP contribution in [0.25, 0.3) is 16.8 Å². The summed E-state index contributed by atoms with van der Waals surface area (Å²) in [5.41, 5.74) is -4.03. The molecule has 3 N–H and O–H groups in total. The van der Waals surface area contributed by atoms with Gasteiger partial charge in [0.05, 0.1) is 11.7 Å². The normalized spacial score (nSPS) is 18.2. The van der Waals surface area contributed by atoms with E-state index in [0.717, 1.165) is 12.1 Å². The number of aromatic nitrogens is 6. The third-order valence-electron chi connectivity index (χ3n) is 8.67. The second-order valence-electron chi connectivity index (χ2n) is 13.1. The van der Waals surface area contributed by atoms with Crippen molar-refractivity contribution < 1.29 is 40.6 Å². The highest BCUT2D eigenvalue weighted by molar-refractivity contribution is 5.77. The van der Waals surface area contributed by atoms with Crippen molar-refractivity contribution in [2.75, 3.05) is 0 Å². The molecule has 4 heterocycles. The van der Waals surface area contributed by atoms with Crippen LogP contribution in [0.15, 0.2) is 53.5 Å². The van der Waals surface area contributed by atoms with Gasteiger partial charge in [0.2, 0.25) is 5.91 Å². The number of fused-ring (bicyclic) bond motifs is 4. The van der Waals surface area contributed by atoms with E-state index >= 15 is 8.78 Å². The predicted octanol–water partition coefficient (Wildman–Crippen LogP) is 5.01. The number of aliphatic hydroxyl groups is 1. The molecule has 1 amide bonds. The van der Waals surface area contributed by atoms with Gasteiger partial charge in [-0.05, 0) is 80.5 Å². The van der Waals surface area contributed by atoms with E-state index < -0.39 is 82.3 Å². The number of amides is 1. The molecule has 3 atom stereocenters. The number of carbonyl (C=O) groups excluding carboxylic acids is 1. The van der Waals surface area contributed by atoms with Gasteiger partial charge in [-0.2, -0.15) is 32.1 Å². The highest BCUT2D eigenvalue weighted by Crippen LogP contribution is 2.68. The Labute approximate surface area is 283 Å². The first-order chi connectivity index (χ1) is 23.9. The van der Waals surface area contributed by atoms with E-state index in [9.17, 15) is 36.6 Å². The summed E-state index contributed by atoms with van der Waals surface area (Å²) in [6, 6.07) is 7.44. The first kappa shape index (κ1) is 34.0. The smallest absolute Gasteiger partial charge is 0.378 e. The van der Waals surface area contributed by atoms with Crippen LogP contribution >= 0.6 is 0 Å². The molecule has 264 valence electrons. The lowest BCUT2D eigenvalue weighted by Crippen LogP contribution is -2.35. The van der Waals surface area contributed by atoms with Gasteiger partial charge in [-0.1, -0.05) is 5.92 Å². The van der Waals surface area contributed by atoms with Crippen molar-refractivity contribution >= 4 is 11.6 Å². The van der Waals surface area contributed by atoms with Crippen molar-refractivity contribution in [3.05, 3.63) is 105 Å². The van der Waals surface area contributed by atoms with E-state index in [2.05, 4.69) is 37.4 Å². The van der Waals surface area contributed by atoms with Gasteiger partial charge in [-0.25, -0.2) is 28.1 Å². The molecule has 17 heteroatoms. The van der Waals surface area contributed by atoms with Crippen molar-refractivity contribution in [1.29, 1.82) is 0 Å². The van der Waals surface area contributed by atoms with Crippen LogP contribution in [0.4, 0.5) is 30.7 Å². The molecule has 0 radical (unpaired) electrons. The van der Waals surface area contributed by atoms with Gasteiger partial charge in [-0.15, -0.1) is 0 Å². The van der Waals surface area contributed by atoms with Crippen LogP contribution in [0.1, 0.15) is 66.1 Å². The highest BCUT2D eigenvalue weighted by Gasteiger charge is 2.68. The highest BCUT2D eigenvalue weighted by atomic mass is 19.4. The monoisotopic (exact) mass is 713 g/mol. The van der Waals surface area contributed by atoms with Gasteiger partial charge in [0.25, 0.3) is 5.92 Å². The Hall–Kier alpha value is -5.50. The maximum absolute atomic E-state index is 15.2. The molecule has 0 saturated heterocycles. The van der Waals surface area contributed by atoms with E-state index in [1.807, 2.05) is 0 Å². The summed E-state index contributed by atoms with van der Waals surface area (Å²) in [4.78, 5) is 30.6. The maximum Gasteiger partial charge on any atom is 0.435 e. The molecule has 2 aliphatic carbocycles. The van der Waals surface area contributed by atoms with Crippen molar-refractivity contribution in [2.45, 2.75) is 62.9 Å². The van der Waals surface area contributed by atoms with Crippen LogP contribution in [0.3, 0.4) is 0 Å². The van der Waals surface area contributed by atoms with E-state index in [1.165, 1.54) is 42.6 Å². The summed E-state index contributed by atoms with van der Waals surface area (Å²) in [5.74, 6) is -3.62. The van der Waals surface area contributed by atoms with E-state index in [4.69, 9.17) is 0 Å². The van der Waals surface area contributed by atoms with Gasteiger partial charge in [0, 0.05) is 34.9 Å². The van der Waals surface area contributed by atoms with Crippen LogP contribution < -0.4 is 11.0 Å². The molecule has 1 aromatic carbocycles. The van der Waals surface area contributed by atoms with E-state index in [0.29, 0.717) is 16.3 Å². The molecule has 0 bridgehead atoms. The third-order valence-corrected chi connectivity index (χ3v) is 8.67. The number of rotatable bonds is 7. The summed E-state index contributed by atoms with van der Waals surface area (Å²) < 4.78 is 102. The Bertz CT molecular complexity index is 2320. The Morgan fingerprint density at radius 3 is 2.55 bits per heavy atom. The first-order valence-corrected chi connectivity index (χ1v) is 15.5. The summed E-state index contributed by atoms with van der Waals surface area (Å²) >= 11 is 0. The van der Waals surface area contributed by atoms with E-state index in [-0.39, 0.29) is 41.0 Å². The largest absolute Gasteiger partial charge is 0.435 e. The average molecular weight is 714 g/mol. The SMILES string of the molecule is CC(C)(O)C#Cc1ccc(-c2ccc3n[nH]c(=O)n3c2)c([C@H](Cc2cc(F)cc(F)c2)NC(=O)Cn2nc(C(F)(F)F)c3c2C(F)(F)C2C[C@H]32)n1. The minimum absolute atomic E-state index is 0.0275. The molecule has 1 fully saturated rings. The Kier molecular flexibility index (Phi) is 7.86. The molecule has 5 aromatic rings. The Morgan fingerprint density at radius 1 is 1.14 bits per heavy atom. The quantitative estimate of drug-likeness (QED) is 0.161. The number of hydrogen-bond donors (Lipinski definition) is 3. The molecule has 10 nitrogen and oxygen atoms in total. The summed E-state index contributed by atoms with van der Waals surface area (Å²) in [7, 11) is 0. The Balaban J connectivity index is 1.33. The second-order valence-corrected chi connectivity index (χ2v) is 13.1. The van der Waals surface area contributed by atoms with Crippen molar-refractivity contribution in [3.63, 3.8) is 0 Å². The Morgan fingerprint density at radius 2 is 1.86 bits per heavy atom. The van der Waals surface area contributed by atoms with Crippen LogP contribution in [0.2, 0.25) is 0 Å². The predicted molar refractivity (Wildman–Crippen MR) is 165 cm³/mol. The standard InChI is InChI=1S/C34H26F7N7O3/c1-32(2,51)8-7-20-4-5-21(17-3-6-25-44-45-31(50)47(25)14-17)28(42-20)24(11-16-9-18(35)12-19(36)10-16)43-26(49)15-48-30-27(29(46-48)34(39,40)41)22-13-23(22)33(30,37)38/h3-6,9-10,12,14,22-24,51H,11,13,15H2,1-2H3,(H,43,49)(H,45,50)/t22-,23?,24-/m0/s1. The fraction of sp³-hybridized carbons (Fsp3) is 0.324. The number of nitrogens with one attached hydrogen (secondary N) is 2. The zero-order chi connectivity index (χ0) is 36.6. The van der Waals surface area contributed by atoms with Crippen LogP contribution in [-0.2, 0) is 29.9 Å². The third kappa shape index (κ3) is 6.47. The lowest BCUT2D eigenvalue weighted by atomic mass is 9.95. The van der Waals surface area contributed by atoms with Gasteiger partial charge in [-0.3, -0.25) is 9.48 Å². The van der Waals surface area contributed by atoms with Crippen LogP contribution in [0, 0.1) is 29.4 Å². The topological polar surface area (TPSA) is 130 Å². The van der Waals surface area contributed by atoms with Crippen molar-refractivity contribution in [3.8, 4) is 23.0 Å². The van der Waals surface area contributed by atoms with Crippen molar-refractivity contribution in [2.24, 2.45) is 5.92 Å². The number of H-pyrrole nitrogens is 1. The summed E-state index contributed by atoms with van der Waals surface area (Å²) in [6.45, 7) is 1.81. The zero-order valence-corrected chi connectivity index (χ0v) is 26.6. The molecule has 7 rings (SSSR count). The van der Waals surface area contributed by atoms with Gasteiger partial charge in [0.1, 0.15) is 35.2 Å². The zero-order valence-electron chi connectivity index (χ0n) is 26.6. The number of benzene rings is 1. The second kappa shape index (κ2) is 11.8. The lowest BCUT2D eigenvalue weighted by molar-refractivity contribution is -0.142. The molecular weight excluding hydrogens is 687 g/mol. The lowest BCUT2D eigenvalue weighted by Gasteiger charge is -2.23. The average Bonchev–Trinajstić information content (AvgIpc) is 3.54. The number of hydrogen-bond acceptors (Lipinski definition) is 6. The molecule has 4 aromatic heterocycles. The number of carbonyl (C=O) groups is 1. The van der Waals surface area contributed by atoms with Gasteiger partial charge < -0.3 is 10.4 Å². The van der Waals surface area contributed by atoms with Gasteiger partial charge >= 0.3 is 11.9 Å². The molecule has 0 aliphatic heterocycles. The number of alkyl halides is 5. The van der Waals surface area contributed by atoms with Crippen LogP contribution in [0.5, 0.6) is 0 Å². The number of nitrogens with zero attached hydrogens (tertiary/aromatic N) is 5. The minimum atomic E-state index is -5.05. The van der Waals surface area contributed by atoms with Crippen LogP contribution in [-0.4, -0.2) is 46.0 Å². The number of pyridine rings is 2. The molecule has 2 aliphatic rings. The minimum Gasteiger partial charge on any atom is -0.378 e. The fourth-order valence-corrected chi connectivity index (χ4v) is 6.49. The first-order valence-electron chi connectivity index (χ1n) is 15.5. The fourth-order valence-electron chi connectivity index (χ4n) is 6.49.